The second kappa shape index (κ2) is 9.01. The summed E-state index contributed by atoms with van der Waals surface area (Å²) in [6.45, 7) is 4.42. The van der Waals surface area contributed by atoms with Gasteiger partial charge in [-0.3, -0.25) is 9.59 Å². The molecule has 140 valence electrons. The highest BCUT2D eigenvalue weighted by atomic mass is 16.3. The minimum absolute atomic E-state index is 0.0227. The van der Waals surface area contributed by atoms with Crippen LogP contribution in [0, 0.1) is 5.92 Å². The van der Waals surface area contributed by atoms with Crippen molar-refractivity contribution in [3.8, 4) is 0 Å². The molecule has 0 bridgehead atoms. The number of aliphatic hydroxyl groups excluding tert-OH is 1. The number of H-pyrrole nitrogens is 1. The van der Waals surface area contributed by atoms with Crippen molar-refractivity contribution in [2.24, 2.45) is 5.92 Å². The molecule has 2 rings (SSSR count). The van der Waals surface area contributed by atoms with Gasteiger partial charge in [-0.15, -0.1) is 0 Å². The van der Waals surface area contributed by atoms with E-state index in [1.54, 1.807) is 4.90 Å². The van der Waals surface area contributed by atoms with E-state index >= 15 is 0 Å². The second-order valence-electron chi connectivity index (χ2n) is 7.14. The number of carbonyl (C=O) groups excluding carboxylic acids is 2. The van der Waals surface area contributed by atoms with E-state index in [1.807, 2.05) is 31.1 Å². The SMILES string of the molecule is CCCc1ccc(C(=O)NCC2CN(C(=O)CC(O)CN(C)C)C2)[nH]1. The molecule has 0 aliphatic carbocycles. The number of likely N-dealkylation sites (N-methyl/N-ethyl adjacent to an activating group) is 1. The number of likely N-dealkylation sites (tertiary alicyclic amines) is 1. The lowest BCUT2D eigenvalue weighted by atomic mass is 9.99. The minimum Gasteiger partial charge on any atom is -0.391 e. The maximum atomic E-state index is 12.1. The first-order valence-corrected chi connectivity index (χ1v) is 8.95. The topological polar surface area (TPSA) is 88.7 Å². The smallest absolute Gasteiger partial charge is 0.267 e. The Labute approximate surface area is 149 Å². The lowest BCUT2D eigenvalue weighted by Gasteiger charge is -2.39. The van der Waals surface area contributed by atoms with Crippen LogP contribution in [-0.2, 0) is 11.2 Å². The normalized spacial score (nSPS) is 16.0. The fraction of sp³-hybridized carbons (Fsp3) is 0.667. The Kier molecular flexibility index (Phi) is 7.01. The average Bonchev–Trinajstić information content (AvgIpc) is 2.93. The van der Waals surface area contributed by atoms with Gasteiger partial charge in [-0.05, 0) is 32.6 Å². The Morgan fingerprint density at radius 1 is 1.40 bits per heavy atom. The maximum Gasteiger partial charge on any atom is 0.267 e. The third-order valence-electron chi connectivity index (χ3n) is 4.36. The lowest BCUT2D eigenvalue weighted by molar-refractivity contribution is -0.139. The quantitative estimate of drug-likeness (QED) is 0.604. The van der Waals surface area contributed by atoms with Crippen molar-refractivity contribution in [1.29, 1.82) is 0 Å². The number of aromatic nitrogens is 1. The number of aromatic amines is 1. The van der Waals surface area contributed by atoms with Crippen LogP contribution < -0.4 is 5.32 Å². The van der Waals surface area contributed by atoms with Gasteiger partial charge in [0.05, 0.1) is 12.5 Å². The molecule has 3 N–H and O–H groups in total. The Balaban J connectivity index is 1.65. The van der Waals surface area contributed by atoms with Gasteiger partial charge >= 0.3 is 0 Å². The van der Waals surface area contributed by atoms with Gasteiger partial charge in [-0.2, -0.15) is 0 Å². The first-order chi connectivity index (χ1) is 11.9. The molecular formula is C18H30N4O3. The van der Waals surface area contributed by atoms with Crippen molar-refractivity contribution in [2.45, 2.75) is 32.3 Å². The van der Waals surface area contributed by atoms with Gasteiger partial charge in [0, 0.05) is 37.8 Å². The summed E-state index contributed by atoms with van der Waals surface area (Å²) in [6.07, 6.45) is 1.50. The van der Waals surface area contributed by atoms with Gasteiger partial charge in [-0.25, -0.2) is 0 Å². The summed E-state index contributed by atoms with van der Waals surface area (Å²) >= 11 is 0. The number of amides is 2. The Morgan fingerprint density at radius 3 is 2.76 bits per heavy atom. The summed E-state index contributed by atoms with van der Waals surface area (Å²) in [5.41, 5.74) is 1.66. The number of carbonyl (C=O) groups is 2. The van der Waals surface area contributed by atoms with Crippen LogP contribution in [0.5, 0.6) is 0 Å². The summed E-state index contributed by atoms with van der Waals surface area (Å²) < 4.78 is 0. The lowest BCUT2D eigenvalue weighted by Crippen LogP contribution is -2.54. The zero-order chi connectivity index (χ0) is 18.4. The molecule has 1 aliphatic rings. The predicted molar refractivity (Wildman–Crippen MR) is 96.4 cm³/mol. The van der Waals surface area contributed by atoms with Crippen LogP contribution in [-0.4, -0.2) is 78.1 Å². The number of aryl methyl sites for hydroxylation is 1. The van der Waals surface area contributed by atoms with Gasteiger partial charge < -0.3 is 25.2 Å². The molecule has 1 aromatic heterocycles. The Hall–Kier alpha value is -1.86. The zero-order valence-corrected chi connectivity index (χ0v) is 15.4. The van der Waals surface area contributed by atoms with E-state index in [-0.39, 0.29) is 24.2 Å². The molecule has 1 fully saturated rings. The molecule has 1 aliphatic heterocycles. The molecule has 0 saturated carbocycles. The Morgan fingerprint density at radius 2 is 2.12 bits per heavy atom. The average molecular weight is 350 g/mol. The molecule has 0 aromatic carbocycles. The van der Waals surface area contributed by atoms with E-state index in [2.05, 4.69) is 17.2 Å². The highest BCUT2D eigenvalue weighted by molar-refractivity contribution is 5.92. The molecule has 1 unspecified atom stereocenters. The van der Waals surface area contributed by atoms with Gasteiger partial charge in [0.15, 0.2) is 0 Å². The maximum absolute atomic E-state index is 12.1. The summed E-state index contributed by atoms with van der Waals surface area (Å²) in [6, 6.07) is 3.75. The molecule has 25 heavy (non-hydrogen) atoms. The zero-order valence-electron chi connectivity index (χ0n) is 15.4. The number of rotatable bonds is 9. The van der Waals surface area contributed by atoms with Gasteiger partial charge in [0.2, 0.25) is 5.91 Å². The van der Waals surface area contributed by atoms with Crippen molar-refractivity contribution in [3.63, 3.8) is 0 Å². The van der Waals surface area contributed by atoms with Crippen molar-refractivity contribution in [2.75, 3.05) is 40.3 Å². The molecule has 1 aromatic rings. The summed E-state index contributed by atoms with van der Waals surface area (Å²) in [5.74, 6) is 0.156. The third-order valence-corrected chi connectivity index (χ3v) is 4.36. The van der Waals surface area contributed by atoms with E-state index in [0.29, 0.717) is 31.9 Å². The highest BCUT2D eigenvalue weighted by Crippen LogP contribution is 2.16. The number of nitrogens with one attached hydrogen (secondary N) is 2. The van der Waals surface area contributed by atoms with Crippen molar-refractivity contribution < 1.29 is 14.7 Å². The number of hydrogen-bond donors (Lipinski definition) is 3. The molecule has 0 radical (unpaired) electrons. The summed E-state index contributed by atoms with van der Waals surface area (Å²) in [5, 5.41) is 12.7. The minimum atomic E-state index is -0.633. The first kappa shape index (κ1) is 19.5. The van der Waals surface area contributed by atoms with Gasteiger partial charge in [-0.1, -0.05) is 13.3 Å². The second-order valence-corrected chi connectivity index (χ2v) is 7.14. The molecule has 2 amide bonds. The fourth-order valence-electron chi connectivity index (χ4n) is 3.04. The molecule has 1 atom stereocenters. The van der Waals surface area contributed by atoms with E-state index in [1.165, 1.54) is 0 Å². The van der Waals surface area contributed by atoms with Crippen LogP contribution in [0.3, 0.4) is 0 Å². The van der Waals surface area contributed by atoms with Gasteiger partial charge in [0.1, 0.15) is 5.69 Å². The third kappa shape index (κ3) is 5.86. The summed E-state index contributed by atoms with van der Waals surface area (Å²) in [7, 11) is 3.73. The largest absolute Gasteiger partial charge is 0.391 e. The van der Waals surface area contributed by atoms with E-state index in [9.17, 15) is 14.7 Å². The van der Waals surface area contributed by atoms with E-state index in [0.717, 1.165) is 18.5 Å². The highest BCUT2D eigenvalue weighted by Gasteiger charge is 2.31. The number of hydrogen-bond acceptors (Lipinski definition) is 4. The molecule has 7 heteroatoms. The van der Waals surface area contributed by atoms with E-state index in [4.69, 9.17) is 0 Å². The molecule has 7 nitrogen and oxygen atoms in total. The van der Waals surface area contributed by atoms with Crippen LogP contribution in [0.1, 0.15) is 35.9 Å². The van der Waals surface area contributed by atoms with E-state index < -0.39 is 6.10 Å². The van der Waals surface area contributed by atoms with Crippen molar-refractivity contribution in [3.05, 3.63) is 23.5 Å². The molecular weight excluding hydrogens is 320 g/mol. The fourth-order valence-corrected chi connectivity index (χ4v) is 3.04. The number of aliphatic hydroxyl groups is 1. The molecule has 0 spiro atoms. The summed E-state index contributed by atoms with van der Waals surface area (Å²) in [4.78, 5) is 30.9. The standard InChI is InChI=1S/C18H30N4O3/c1-4-5-14-6-7-16(20-14)18(25)19-9-13-10-22(11-13)17(24)8-15(23)12-21(2)3/h6-7,13,15,20,23H,4-5,8-12H2,1-3H3,(H,19,25). The van der Waals surface area contributed by atoms with Gasteiger partial charge in [0.25, 0.3) is 5.91 Å². The van der Waals surface area contributed by atoms with Crippen LogP contribution in [0.2, 0.25) is 0 Å². The van der Waals surface area contributed by atoms with Crippen LogP contribution >= 0.6 is 0 Å². The van der Waals surface area contributed by atoms with Crippen LogP contribution in [0.25, 0.3) is 0 Å². The monoisotopic (exact) mass is 350 g/mol. The first-order valence-electron chi connectivity index (χ1n) is 8.95. The van der Waals surface area contributed by atoms with Crippen LogP contribution in [0.4, 0.5) is 0 Å². The van der Waals surface area contributed by atoms with Crippen LogP contribution in [0.15, 0.2) is 12.1 Å². The van der Waals surface area contributed by atoms with Crippen molar-refractivity contribution >= 4 is 11.8 Å². The predicted octanol–water partition coefficient (Wildman–Crippen LogP) is 0.468. The number of nitrogens with zero attached hydrogens (tertiary/aromatic N) is 2. The van der Waals surface area contributed by atoms with Crippen molar-refractivity contribution in [1.82, 2.24) is 20.1 Å². The molecule has 1 saturated heterocycles. The Bertz CT molecular complexity index is 579. The molecule has 2 heterocycles.